The maximum absolute atomic E-state index is 13.6. The Kier molecular flexibility index (Phi) is 9.96. The van der Waals surface area contributed by atoms with Crippen LogP contribution in [0, 0.1) is 0 Å². The van der Waals surface area contributed by atoms with Crippen molar-refractivity contribution in [3.8, 4) is 23.0 Å². The number of methoxy groups -OCH3 is 1. The molecule has 0 spiro atoms. The van der Waals surface area contributed by atoms with Crippen LogP contribution in [-0.4, -0.2) is 50.9 Å². The lowest BCUT2D eigenvalue weighted by Crippen LogP contribution is -2.35. The molecule has 0 unspecified atom stereocenters. The molecule has 1 aliphatic heterocycles. The van der Waals surface area contributed by atoms with Gasteiger partial charge in [-0.2, -0.15) is 4.31 Å². The average molecular weight is 633 g/mol. The summed E-state index contributed by atoms with van der Waals surface area (Å²) < 4.78 is 51.5. The first-order valence-corrected chi connectivity index (χ1v) is 16.4. The van der Waals surface area contributed by atoms with E-state index in [1.165, 1.54) is 28.3 Å². The van der Waals surface area contributed by atoms with Crippen molar-refractivity contribution in [2.45, 2.75) is 50.7 Å². The van der Waals surface area contributed by atoms with Gasteiger partial charge in [-0.3, -0.25) is 9.69 Å². The molecule has 10 heteroatoms. The number of hydrogen-bond acceptors (Lipinski definition) is 8. The van der Waals surface area contributed by atoms with E-state index < -0.39 is 10.0 Å². The lowest BCUT2D eigenvalue weighted by atomic mass is 9.87. The topological polar surface area (TPSA) is 98.5 Å². The number of nitrogens with zero attached hydrogens (tertiary/aromatic N) is 2. The van der Waals surface area contributed by atoms with Crippen molar-refractivity contribution in [1.82, 2.24) is 9.21 Å². The van der Waals surface area contributed by atoms with E-state index in [9.17, 15) is 13.2 Å². The van der Waals surface area contributed by atoms with Crippen molar-refractivity contribution < 1.29 is 27.0 Å². The fraction of sp³-hybridized carbons (Fsp3) is 0.343. The van der Waals surface area contributed by atoms with E-state index in [0.717, 1.165) is 5.56 Å². The van der Waals surface area contributed by atoms with E-state index in [2.05, 4.69) is 37.8 Å². The second-order valence-electron chi connectivity index (χ2n) is 12.1. The summed E-state index contributed by atoms with van der Waals surface area (Å²) in [4.78, 5) is 15.0. The Morgan fingerprint density at radius 2 is 1.60 bits per heavy atom. The molecule has 1 fully saturated rings. The first-order valence-electron chi connectivity index (χ1n) is 15.0. The van der Waals surface area contributed by atoms with Crippen LogP contribution >= 0.6 is 0 Å². The molecule has 238 valence electrons. The predicted molar refractivity (Wildman–Crippen MR) is 173 cm³/mol. The number of hydrogen-bond donors (Lipinski definition) is 0. The van der Waals surface area contributed by atoms with Gasteiger partial charge in [-0.1, -0.05) is 63.2 Å². The lowest BCUT2D eigenvalue weighted by molar-refractivity contribution is 0.245. The van der Waals surface area contributed by atoms with E-state index in [1.54, 1.807) is 37.4 Å². The highest BCUT2D eigenvalue weighted by Crippen LogP contribution is 2.32. The maximum Gasteiger partial charge on any atom is 0.243 e. The lowest BCUT2D eigenvalue weighted by Gasteiger charge is -2.21. The maximum atomic E-state index is 13.6. The zero-order valence-electron chi connectivity index (χ0n) is 26.2. The van der Waals surface area contributed by atoms with Gasteiger partial charge in [0.05, 0.1) is 18.6 Å². The second-order valence-corrected chi connectivity index (χ2v) is 14.0. The summed E-state index contributed by atoms with van der Waals surface area (Å²) in [7, 11) is -2.20. The van der Waals surface area contributed by atoms with Gasteiger partial charge in [0.15, 0.2) is 11.5 Å². The molecule has 0 atom stereocenters. The third kappa shape index (κ3) is 8.13. The summed E-state index contributed by atoms with van der Waals surface area (Å²) in [5.41, 5.74) is 2.01. The van der Waals surface area contributed by atoms with E-state index in [1.807, 2.05) is 24.3 Å². The molecule has 1 aromatic heterocycles. The molecule has 0 amide bonds. The minimum atomic E-state index is -3.76. The predicted octanol–water partition coefficient (Wildman–Crippen LogP) is 6.21. The molecule has 1 aliphatic rings. The Labute approximate surface area is 265 Å². The Bertz CT molecular complexity index is 1760. The molecule has 2 heterocycles. The van der Waals surface area contributed by atoms with E-state index >= 15 is 0 Å². The van der Waals surface area contributed by atoms with Gasteiger partial charge in [0.25, 0.3) is 0 Å². The minimum Gasteiger partial charge on any atom is -0.493 e. The molecule has 9 nitrogen and oxygen atoms in total. The zero-order chi connectivity index (χ0) is 32.0. The second kappa shape index (κ2) is 13.9. The Morgan fingerprint density at radius 3 is 2.31 bits per heavy atom. The molecule has 0 radical (unpaired) electrons. The van der Waals surface area contributed by atoms with Crippen LogP contribution in [0.3, 0.4) is 0 Å². The van der Waals surface area contributed by atoms with Gasteiger partial charge in [-0.25, -0.2) is 8.42 Å². The number of ether oxygens (including phenoxy) is 3. The fourth-order valence-corrected chi connectivity index (χ4v) is 6.64. The number of para-hydroxylation sites is 2. The van der Waals surface area contributed by atoms with Crippen LogP contribution in [-0.2, 0) is 28.6 Å². The number of rotatable bonds is 10. The number of sulfonamides is 1. The Balaban J connectivity index is 1.17. The standard InChI is InChI=1S/C35H40N2O7S/c1-35(2,3)27-15-13-26(14-16-27)24-43-34-25-42-29(22-31(34)38)23-36-17-8-18-37(20-19-36)45(39,40)30-10-7-9-28(21-30)44-33-12-6-5-11-32(33)41-4/h5-7,9-16,21-22,25H,8,17-20,23-24H2,1-4H3. The van der Waals surface area contributed by atoms with Crippen molar-refractivity contribution in [2.75, 3.05) is 33.3 Å². The molecule has 0 aliphatic carbocycles. The van der Waals surface area contributed by atoms with Crippen LogP contribution in [0.2, 0.25) is 0 Å². The summed E-state index contributed by atoms with van der Waals surface area (Å²) in [6.45, 7) is 8.98. The van der Waals surface area contributed by atoms with E-state index in [-0.39, 0.29) is 28.1 Å². The van der Waals surface area contributed by atoms with Crippen molar-refractivity contribution in [3.05, 3.63) is 112 Å². The van der Waals surface area contributed by atoms with Gasteiger partial charge in [-0.05, 0) is 53.8 Å². The largest absolute Gasteiger partial charge is 0.493 e. The van der Waals surface area contributed by atoms with Crippen LogP contribution in [0.5, 0.6) is 23.0 Å². The third-order valence-corrected chi connectivity index (χ3v) is 9.63. The molecule has 3 aromatic carbocycles. The smallest absolute Gasteiger partial charge is 0.243 e. The quantitative estimate of drug-likeness (QED) is 0.204. The Morgan fingerprint density at radius 1 is 0.844 bits per heavy atom. The van der Waals surface area contributed by atoms with Crippen LogP contribution in [0.1, 0.15) is 44.1 Å². The van der Waals surface area contributed by atoms with Gasteiger partial charge in [0.1, 0.15) is 24.4 Å². The third-order valence-electron chi connectivity index (χ3n) is 7.73. The molecular weight excluding hydrogens is 592 g/mol. The number of benzene rings is 3. The molecule has 45 heavy (non-hydrogen) atoms. The summed E-state index contributed by atoms with van der Waals surface area (Å²) in [6, 6.07) is 23.3. The highest BCUT2D eigenvalue weighted by molar-refractivity contribution is 7.89. The first kappa shape index (κ1) is 32.3. The fourth-order valence-electron chi connectivity index (χ4n) is 5.13. The van der Waals surface area contributed by atoms with Gasteiger partial charge in [-0.15, -0.1) is 0 Å². The molecule has 0 saturated carbocycles. The molecular formula is C35H40N2O7S. The summed E-state index contributed by atoms with van der Waals surface area (Å²) in [5, 5.41) is 0. The summed E-state index contributed by atoms with van der Waals surface area (Å²) in [5.74, 6) is 2.11. The van der Waals surface area contributed by atoms with Gasteiger partial charge < -0.3 is 18.6 Å². The first-order chi connectivity index (χ1) is 21.5. The SMILES string of the molecule is COc1ccccc1Oc1cccc(S(=O)(=O)N2CCCN(Cc3cc(=O)c(OCc4ccc(C(C)(C)C)cc4)co3)CC2)c1. The highest BCUT2D eigenvalue weighted by atomic mass is 32.2. The van der Waals surface area contributed by atoms with Crippen LogP contribution < -0.4 is 19.6 Å². The zero-order valence-corrected chi connectivity index (χ0v) is 27.0. The molecule has 1 saturated heterocycles. The van der Waals surface area contributed by atoms with Crippen molar-refractivity contribution in [3.63, 3.8) is 0 Å². The van der Waals surface area contributed by atoms with Crippen LogP contribution in [0.25, 0.3) is 0 Å². The van der Waals surface area contributed by atoms with Gasteiger partial charge in [0, 0.05) is 31.8 Å². The normalized spacial score (nSPS) is 14.9. The van der Waals surface area contributed by atoms with Gasteiger partial charge in [0.2, 0.25) is 21.2 Å². The molecule has 4 aromatic rings. The van der Waals surface area contributed by atoms with E-state index in [0.29, 0.717) is 62.2 Å². The average Bonchev–Trinajstić information content (AvgIpc) is 3.27. The summed E-state index contributed by atoms with van der Waals surface area (Å²) >= 11 is 0. The summed E-state index contributed by atoms with van der Waals surface area (Å²) in [6.07, 6.45) is 1.99. The van der Waals surface area contributed by atoms with Crippen LogP contribution in [0.4, 0.5) is 0 Å². The minimum absolute atomic E-state index is 0.0652. The van der Waals surface area contributed by atoms with Crippen LogP contribution in [0.15, 0.2) is 99.2 Å². The van der Waals surface area contributed by atoms with E-state index in [4.69, 9.17) is 18.6 Å². The van der Waals surface area contributed by atoms with Gasteiger partial charge >= 0.3 is 0 Å². The van der Waals surface area contributed by atoms with Crippen molar-refractivity contribution >= 4 is 10.0 Å². The van der Waals surface area contributed by atoms with Crippen molar-refractivity contribution in [2.24, 2.45) is 0 Å². The highest BCUT2D eigenvalue weighted by Gasteiger charge is 2.28. The van der Waals surface area contributed by atoms with Crippen molar-refractivity contribution in [1.29, 1.82) is 0 Å². The molecule has 0 N–H and O–H groups in total. The molecule has 0 bridgehead atoms. The Hall–Kier alpha value is -4.12. The molecule has 5 rings (SSSR count). The monoisotopic (exact) mass is 632 g/mol.